The topological polar surface area (TPSA) is 26.0 Å². The number of hydrogen-bond acceptors (Lipinski definition) is 1. The molecular weight excluding hydrogens is 189 g/mol. The molecule has 2 N–H and O–H groups in total. The summed E-state index contributed by atoms with van der Waals surface area (Å²) in [6.07, 6.45) is 0. The van der Waals surface area contributed by atoms with Crippen molar-refractivity contribution in [3.05, 3.63) is 34.3 Å². The Morgan fingerprint density at radius 3 is 2.62 bits per heavy atom. The second-order valence-electron chi connectivity index (χ2n) is 3.37. The SMILES string of the molecule is Cc1cc(C(C)(F)CN)ccc1Cl. The second kappa shape index (κ2) is 3.64. The largest absolute Gasteiger partial charge is 0.327 e. The first-order chi connectivity index (χ1) is 5.97. The van der Waals surface area contributed by atoms with Gasteiger partial charge in [0.25, 0.3) is 0 Å². The lowest BCUT2D eigenvalue weighted by atomic mass is 9.97. The average Bonchev–Trinajstić information content (AvgIpc) is 2.09. The van der Waals surface area contributed by atoms with Crippen LogP contribution < -0.4 is 5.73 Å². The summed E-state index contributed by atoms with van der Waals surface area (Å²) in [4.78, 5) is 0. The van der Waals surface area contributed by atoms with Crippen LogP contribution >= 0.6 is 11.6 Å². The van der Waals surface area contributed by atoms with Crippen LogP contribution in [0.15, 0.2) is 18.2 Å². The van der Waals surface area contributed by atoms with Crippen molar-refractivity contribution in [1.29, 1.82) is 0 Å². The Kier molecular flexibility index (Phi) is 2.94. The van der Waals surface area contributed by atoms with E-state index >= 15 is 0 Å². The van der Waals surface area contributed by atoms with Crippen molar-refractivity contribution in [2.75, 3.05) is 6.54 Å². The average molecular weight is 202 g/mol. The van der Waals surface area contributed by atoms with Crippen LogP contribution in [0.5, 0.6) is 0 Å². The van der Waals surface area contributed by atoms with Gasteiger partial charge in [0.05, 0.1) is 0 Å². The van der Waals surface area contributed by atoms with Crippen LogP contribution in [0.1, 0.15) is 18.1 Å². The normalized spacial score (nSPS) is 15.5. The van der Waals surface area contributed by atoms with E-state index in [2.05, 4.69) is 0 Å². The van der Waals surface area contributed by atoms with Crippen LogP contribution in [0.4, 0.5) is 4.39 Å². The molecule has 1 atom stereocenters. The Bertz CT molecular complexity index is 310. The molecule has 0 aromatic heterocycles. The highest BCUT2D eigenvalue weighted by atomic mass is 35.5. The van der Waals surface area contributed by atoms with E-state index in [4.69, 9.17) is 17.3 Å². The summed E-state index contributed by atoms with van der Waals surface area (Å²) in [5.41, 5.74) is 5.31. The van der Waals surface area contributed by atoms with Gasteiger partial charge in [-0.2, -0.15) is 0 Å². The van der Waals surface area contributed by atoms with Crippen LogP contribution in [-0.2, 0) is 5.67 Å². The molecule has 1 unspecified atom stereocenters. The van der Waals surface area contributed by atoms with Crippen molar-refractivity contribution in [2.45, 2.75) is 19.5 Å². The third-order valence-corrected chi connectivity index (χ3v) is 2.57. The van der Waals surface area contributed by atoms with Crippen LogP contribution in [0.2, 0.25) is 5.02 Å². The molecule has 72 valence electrons. The standard InChI is InChI=1S/C10H13ClFN/c1-7-5-8(3-4-9(7)11)10(2,12)6-13/h3-5H,6,13H2,1-2H3. The molecule has 0 aliphatic rings. The summed E-state index contributed by atoms with van der Waals surface area (Å²) < 4.78 is 13.7. The van der Waals surface area contributed by atoms with E-state index in [9.17, 15) is 4.39 Å². The number of rotatable bonds is 2. The number of benzene rings is 1. The lowest BCUT2D eigenvalue weighted by Gasteiger charge is -2.19. The van der Waals surface area contributed by atoms with E-state index in [1.165, 1.54) is 6.92 Å². The maximum atomic E-state index is 13.7. The quantitative estimate of drug-likeness (QED) is 0.783. The molecule has 0 aliphatic carbocycles. The first-order valence-electron chi connectivity index (χ1n) is 4.13. The summed E-state index contributed by atoms with van der Waals surface area (Å²) in [5.74, 6) is 0. The van der Waals surface area contributed by atoms with Gasteiger partial charge in [0.1, 0.15) is 5.67 Å². The van der Waals surface area contributed by atoms with Gasteiger partial charge in [-0.15, -0.1) is 0 Å². The monoisotopic (exact) mass is 201 g/mol. The molecule has 1 aromatic carbocycles. The number of hydrogen-bond donors (Lipinski definition) is 1. The zero-order chi connectivity index (χ0) is 10.1. The van der Waals surface area contributed by atoms with Crippen molar-refractivity contribution in [3.63, 3.8) is 0 Å². The predicted molar refractivity (Wildman–Crippen MR) is 53.7 cm³/mol. The van der Waals surface area contributed by atoms with Gasteiger partial charge in [0.2, 0.25) is 0 Å². The Morgan fingerprint density at radius 2 is 2.15 bits per heavy atom. The molecule has 0 aliphatic heterocycles. The zero-order valence-electron chi connectivity index (χ0n) is 7.77. The van der Waals surface area contributed by atoms with Gasteiger partial charge in [-0.25, -0.2) is 4.39 Å². The van der Waals surface area contributed by atoms with Gasteiger partial charge in [-0.1, -0.05) is 23.7 Å². The summed E-state index contributed by atoms with van der Waals surface area (Å²) in [7, 11) is 0. The highest BCUT2D eigenvalue weighted by Crippen LogP contribution is 2.27. The first kappa shape index (κ1) is 10.5. The van der Waals surface area contributed by atoms with Gasteiger partial charge < -0.3 is 5.73 Å². The Balaban J connectivity index is 3.10. The Morgan fingerprint density at radius 1 is 1.54 bits per heavy atom. The van der Waals surface area contributed by atoms with Crippen LogP contribution in [-0.4, -0.2) is 6.54 Å². The molecule has 0 saturated heterocycles. The maximum absolute atomic E-state index is 13.7. The fourth-order valence-corrected chi connectivity index (χ4v) is 1.20. The third-order valence-electron chi connectivity index (χ3n) is 2.14. The molecule has 0 radical (unpaired) electrons. The molecule has 1 nitrogen and oxygen atoms in total. The van der Waals surface area contributed by atoms with Crippen LogP contribution in [0, 0.1) is 6.92 Å². The van der Waals surface area contributed by atoms with E-state index in [-0.39, 0.29) is 6.54 Å². The van der Waals surface area contributed by atoms with Crippen molar-refractivity contribution in [2.24, 2.45) is 5.73 Å². The molecule has 0 amide bonds. The number of alkyl halides is 1. The summed E-state index contributed by atoms with van der Waals surface area (Å²) >= 11 is 5.82. The van der Waals surface area contributed by atoms with Gasteiger partial charge in [-0.05, 0) is 31.0 Å². The molecule has 0 saturated carbocycles. The van der Waals surface area contributed by atoms with E-state index < -0.39 is 5.67 Å². The molecule has 1 aromatic rings. The lowest BCUT2D eigenvalue weighted by Crippen LogP contribution is -2.26. The minimum Gasteiger partial charge on any atom is -0.327 e. The summed E-state index contributed by atoms with van der Waals surface area (Å²) in [6.45, 7) is 3.29. The van der Waals surface area contributed by atoms with Crippen molar-refractivity contribution >= 4 is 11.6 Å². The van der Waals surface area contributed by atoms with E-state index in [0.29, 0.717) is 10.6 Å². The lowest BCUT2D eigenvalue weighted by molar-refractivity contribution is 0.203. The van der Waals surface area contributed by atoms with Crippen molar-refractivity contribution < 1.29 is 4.39 Å². The van der Waals surface area contributed by atoms with Crippen LogP contribution in [0.25, 0.3) is 0 Å². The van der Waals surface area contributed by atoms with Gasteiger partial charge in [-0.3, -0.25) is 0 Å². The highest BCUT2D eigenvalue weighted by molar-refractivity contribution is 6.31. The number of nitrogens with two attached hydrogens (primary N) is 1. The first-order valence-corrected chi connectivity index (χ1v) is 4.51. The molecule has 13 heavy (non-hydrogen) atoms. The van der Waals surface area contributed by atoms with E-state index in [1.54, 1.807) is 18.2 Å². The summed E-state index contributed by atoms with van der Waals surface area (Å²) in [6, 6.07) is 5.09. The molecule has 3 heteroatoms. The van der Waals surface area contributed by atoms with Crippen LogP contribution in [0.3, 0.4) is 0 Å². The molecule has 0 fully saturated rings. The summed E-state index contributed by atoms with van der Waals surface area (Å²) in [5, 5.41) is 0.650. The predicted octanol–water partition coefficient (Wildman–Crippen LogP) is 2.79. The fourth-order valence-electron chi connectivity index (χ4n) is 1.09. The van der Waals surface area contributed by atoms with E-state index in [0.717, 1.165) is 5.56 Å². The van der Waals surface area contributed by atoms with Gasteiger partial charge in [0, 0.05) is 11.6 Å². The van der Waals surface area contributed by atoms with Crippen molar-refractivity contribution in [3.8, 4) is 0 Å². The minimum absolute atomic E-state index is 0.0198. The Hall–Kier alpha value is -0.600. The fraction of sp³-hybridized carbons (Fsp3) is 0.400. The highest BCUT2D eigenvalue weighted by Gasteiger charge is 2.23. The van der Waals surface area contributed by atoms with E-state index in [1.807, 2.05) is 6.92 Å². The number of halogens is 2. The molecule has 0 heterocycles. The molecular formula is C10H13ClFN. The van der Waals surface area contributed by atoms with Gasteiger partial charge >= 0.3 is 0 Å². The van der Waals surface area contributed by atoms with Gasteiger partial charge in [0.15, 0.2) is 0 Å². The Labute approximate surface area is 82.7 Å². The maximum Gasteiger partial charge on any atom is 0.145 e. The smallest absolute Gasteiger partial charge is 0.145 e. The zero-order valence-corrected chi connectivity index (χ0v) is 8.53. The molecule has 0 bridgehead atoms. The third kappa shape index (κ3) is 2.20. The molecule has 1 rings (SSSR count). The minimum atomic E-state index is -1.46. The number of aryl methyl sites for hydroxylation is 1. The van der Waals surface area contributed by atoms with Crippen molar-refractivity contribution in [1.82, 2.24) is 0 Å². The molecule has 0 spiro atoms. The second-order valence-corrected chi connectivity index (χ2v) is 3.77.